The van der Waals surface area contributed by atoms with Gasteiger partial charge in [0.05, 0.1) is 14.8 Å². The summed E-state index contributed by atoms with van der Waals surface area (Å²) in [5, 5.41) is 149. The average Bonchev–Trinajstić information content (AvgIpc) is 3.62. The van der Waals surface area contributed by atoms with Crippen LogP contribution in [0.2, 0.25) is 0 Å². The van der Waals surface area contributed by atoms with Crippen molar-refractivity contribution in [2.75, 3.05) is 0 Å². The average molecular weight is 885 g/mol. The molecule has 0 aliphatic rings. The third-order valence-electron chi connectivity index (χ3n) is 12.6. The van der Waals surface area contributed by atoms with Gasteiger partial charge in [-0.2, -0.15) is 0 Å². The normalized spacial score (nSPS) is 12.2. The lowest BCUT2D eigenvalue weighted by Crippen LogP contribution is -1.93. The van der Waals surface area contributed by atoms with E-state index in [-0.39, 0.29) is 21.9 Å². The summed E-state index contributed by atoms with van der Waals surface area (Å²) >= 11 is 0.437. The van der Waals surface area contributed by atoms with Crippen molar-refractivity contribution in [2.24, 2.45) is 0 Å². The number of aromatic hydroxyl groups is 13. The molecule has 12 aromatic rings. The first-order valence-corrected chi connectivity index (χ1v) is 20.5. The van der Waals surface area contributed by atoms with Crippen LogP contribution in [0.3, 0.4) is 0 Å². The molecule has 12 rings (SSSR count). The van der Waals surface area contributed by atoms with Gasteiger partial charge in [-0.05, 0) is 62.5 Å². The molecular formula is C50H28O14S. The van der Waals surface area contributed by atoms with E-state index in [0.29, 0.717) is 27.7 Å². The van der Waals surface area contributed by atoms with Gasteiger partial charge in [0.25, 0.3) is 0 Å². The molecule has 65 heavy (non-hydrogen) atoms. The second-order valence-electron chi connectivity index (χ2n) is 15.9. The van der Waals surface area contributed by atoms with E-state index in [1.807, 2.05) is 66.7 Å². The molecule has 2 aromatic heterocycles. The van der Waals surface area contributed by atoms with Gasteiger partial charge < -0.3 is 70.8 Å². The summed E-state index contributed by atoms with van der Waals surface area (Å²) in [7, 11) is 0. The molecule has 0 saturated carbocycles. The van der Waals surface area contributed by atoms with E-state index < -0.39 is 116 Å². The van der Waals surface area contributed by atoms with Gasteiger partial charge in [-0.3, -0.25) is 0 Å². The van der Waals surface area contributed by atoms with Gasteiger partial charge in [-0.1, -0.05) is 66.7 Å². The van der Waals surface area contributed by atoms with Gasteiger partial charge >= 0.3 is 0 Å². The molecule has 0 radical (unpaired) electrons. The van der Waals surface area contributed by atoms with Crippen molar-refractivity contribution < 1.29 is 70.8 Å². The van der Waals surface area contributed by atoms with Gasteiger partial charge in [0.2, 0.25) is 28.7 Å². The number of rotatable bonds is 2. The number of phenols is 13. The summed E-state index contributed by atoms with van der Waals surface area (Å²) in [5.74, 6) is -14.8. The van der Waals surface area contributed by atoms with E-state index in [4.69, 9.17) is 4.42 Å². The number of furan rings is 1. The van der Waals surface area contributed by atoms with Gasteiger partial charge in [0.15, 0.2) is 46.0 Å². The molecule has 0 aliphatic carbocycles. The SMILES string of the molecule is Oc1c(O)c(O)c2c(c1O)c(-c1cccc3cc(-c4ccc5oc6ccc7ccccc7c6c5c4)ccc13)c1c(O)c(O)c(O)c3sc4c(O)c(O)c(O)c5c(O)c(O)c(O)c(c45)c2c31. The smallest absolute Gasteiger partial charge is 0.204 e. The van der Waals surface area contributed by atoms with Crippen molar-refractivity contribution in [3.8, 4) is 97.0 Å². The first-order valence-electron chi connectivity index (χ1n) is 19.7. The first kappa shape index (κ1) is 37.7. The Kier molecular flexibility index (Phi) is 7.26. The third-order valence-corrected chi connectivity index (χ3v) is 13.8. The molecule has 0 unspecified atom stereocenters. The number of phenolic OH excluding ortho intramolecular Hbond substituents is 13. The van der Waals surface area contributed by atoms with Crippen LogP contribution in [0.25, 0.3) is 118 Å². The topological polar surface area (TPSA) is 276 Å². The standard InChI is InChI=1S/C50H28O14S/c51-36-29-27(22-7-3-5-19-14-17(8-11-20(19)22)18-10-12-24-23(15-18)26-21-6-2-1-4-16(21)9-13-25(26)64-24)30-33-28(31(29)38(53)44(59)43(36)58)32-34-35(40(55)42(57)39(32)54)41(56)46(61)48(63)50(34)65-49(33)47(62)45(60)37(30)52/h1-15,51-63H. The maximum absolute atomic E-state index is 12.0. The van der Waals surface area contributed by atoms with Crippen molar-refractivity contribution >= 4 is 107 Å². The highest BCUT2D eigenvalue weighted by Gasteiger charge is 2.35. The lowest BCUT2D eigenvalue weighted by Gasteiger charge is -2.21. The zero-order chi connectivity index (χ0) is 45.2. The van der Waals surface area contributed by atoms with E-state index >= 15 is 0 Å². The Hall–Kier alpha value is -9.08. The minimum Gasteiger partial charge on any atom is -0.504 e. The molecule has 0 fully saturated rings. The molecule has 15 heteroatoms. The molecular weight excluding hydrogens is 857 g/mol. The second kappa shape index (κ2) is 12.5. The Bertz CT molecular complexity index is 4220. The molecule has 0 saturated heterocycles. The molecule has 0 aliphatic heterocycles. The highest BCUT2D eigenvalue weighted by molar-refractivity contribution is 7.25. The van der Waals surface area contributed by atoms with Crippen LogP contribution in [0.1, 0.15) is 0 Å². The van der Waals surface area contributed by atoms with Gasteiger partial charge in [-0.25, -0.2) is 0 Å². The predicted octanol–water partition coefficient (Wildman–Crippen LogP) is 11.2. The molecule has 2 heterocycles. The zero-order valence-corrected chi connectivity index (χ0v) is 33.6. The molecule has 0 atom stereocenters. The Morgan fingerprint density at radius 1 is 0.308 bits per heavy atom. The Morgan fingerprint density at radius 2 is 0.815 bits per heavy atom. The van der Waals surface area contributed by atoms with Gasteiger partial charge in [0.1, 0.15) is 11.2 Å². The largest absolute Gasteiger partial charge is 0.504 e. The van der Waals surface area contributed by atoms with Crippen LogP contribution in [-0.2, 0) is 0 Å². The van der Waals surface area contributed by atoms with Gasteiger partial charge in [-0.15, -0.1) is 11.3 Å². The van der Waals surface area contributed by atoms with Crippen LogP contribution in [-0.4, -0.2) is 66.4 Å². The van der Waals surface area contributed by atoms with Crippen molar-refractivity contribution in [2.45, 2.75) is 0 Å². The zero-order valence-electron chi connectivity index (χ0n) is 32.8. The molecule has 0 bridgehead atoms. The van der Waals surface area contributed by atoms with E-state index in [9.17, 15) is 66.4 Å². The fraction of sp³-hybridized carbons (Fsp3) is 0. The summed E-state index contributed by atoms with van der Waals surface area (Å²) in [5.41, 5.74) is 3.06. The highest BCUT2D eigenvalue weighted by Crippen LogP contribution is 2.65. The second-order valence-corrected chi connectivity index (χ2v) is 16.9. The molecule has 0 spiro atoms. The highest BCUT2D eigenvalue weighted by atomic mass is 32.1. The lowest BCUT2D eigenvalue weighted by molar-refractivity contribution is 0.351. The number of hydrogen-bond acceptors (Lipinski definition) is 15. The van der Waals surface area contributed by atoms with Crippen molar-refractivity contribution in [3.05, 3.63) is 91.0 Å². The fourth-order valence-corrected chi connectivity index (χ4v) is 10.9. The molecule has 0 amide bonds. The minimum absolute atomic E-state index is 0.187. The summed E-state index contributed by atoms with van der Waals surface area (Å²) in [6.07, 6.45) is 0. The molecule has 318 valence electrons. The molecule has 13 N–H and O–H groups in total. The summed E-state index contributed by atoms with van der Waals surface area (Å²) in [6, 6.07) is 28.3. The first-order chi connectivity index (χ1) is 31.2. The van der Waals surface area contributed by atoms with Crippen LogP contribution in [0, 0.1) is 0 Å². The fourth-order valence-electron chi connectivity index (χ4n) is 9.70. The maximum atomic E-state index is 12.0. The number of hydrogen-bond donors (Lipinski definition) is 13. The van der Waals surface area contributed by atoms with Crippen LogP contribution < -0.4 is 0 Å². The van der Waals surface area contributed by atoms with E-state index in [0.717, 1.165) is 38.3 Å². The molecule has 10 aromatic carbocycles. The molecule has 14 nitrogen and oxygen atoms in total. The summed E-state index contributed by atoms with van der Waals surface area (Å²) in [6.45, 7) is 0. The Balaban J connectivity index is 1.25. The third kappa shape index (κ3) is 4.60. The monoisotopic (exact) mass is 884 g/mol. The van der Waals surface area contributed by atoms with Gasteiger partial charge in [0, 0.05) is 54.0 Å². The minimum atomic E-state index is -1.27. The Labute approximate surface area is 364 Å². The van der Waals surface area contributed by atoms with Crippen LogP contribution in [0.15, 0.2) is 95.4 Å². The van der Waals surface area contributed by atoms with E-state index in [2.05, 4.69) is 0 Å². The van der Waals surface area contributed by atoms with Crippen LogP contribution >= 0.6 is 11.3 Å². The van der Waals surface area contributed by atoms with Crippen molar-refractivity contribution in [1.82, 2.24) is 0 Å². The van der Waals surface area contributed by atoms with Crippen molar-refractivity contribution in [1.29, 1.82) is 0 Å². The quantitative estimate of drug-likeness (QED) is 0.0437. The number of benzene rings is 10. The van der Waals surface area contributed by atoms with Crippen LogP contribution in [0.5, 0.6) is 74.7 Å². The predicted molar refractivity (Wildman–Crippen MR) is 247 cm³/mol. The maximum Gasteiger partial charge on any atom is 0.204 e. The number of fused-ring (bicyclic) bond motifs is 9. The van der Waals surface area contributed by atoms with Crippen molar-refractivity contribution in [3.63, 3.8) is 0 Å². The van der Waals surface area contributed by atoms with E-state index in [1.54, 1.807) is 24.3 Å². The lowest BCUT2D eigenvalue weighted by atomic mass is 9.84. The van der Waals surface area contributed by atoms with Crippen LogP contribution in [0.4, 0.5) is 0 Å². The van der Waals surface area contributed by atoms with E-state index in [1.165, 1.54) is 0 Å². The summed E-state index contributed by atoms with van der Waals surface area (Å²) in [4.78, 5) is 0. The Morgan fingerprint density at radius 3 is 1.51 bits per heavy atom. The summed E-state index contributed by atoms with van der Waals surface area (Å²) < 4.78 is 5.34.